The number of rotatable bonds is 5. The fraction of sp³-hybridized carbons (Fsp3) is 0.500. The molecule has 0 saturated heterocycles. The number of aromatic nitrogens is 2. The van der Waals surface area contributed by atoms with Gasteiger partial charge in [-0.15, -0.1) is 0 Å². The molecule has 0 fully saturated rings. The zero-order valence-corrected chi connectivity index (χ0v) is 10.2. The molecule has 17 heavy (non-hydrogen) atoms. The molecular formula is C8H10BrF3N4O. The lowest BCUT2D eigenvalue weighted by Crippen LogP contribution is -2.12. The molecule has 0 unspecified atom stereocenters. The maximum atomic E-state index is 11.9. The molecule has 0 saturated carbocycles. The summed E-state index contributed by atoms with van der Waals surface area (Å²) in [5, 5.41) is 0. The van der Waals surface area contributed by atoms with Gasteiger partial charge in [0.25, 0.3) is 0 Å². The topological polar surface area (TPSA) is 73.1 Å². The van der Waals surface area contributed by atoms with Gasteiger partial charge in [0.2, 0.25) is 11.8 Å². The number of nitrogens with one attached hydrogen (secondary N) is 1. The third-order valence-corrected chi connectivity index (χ3v) is 2.23. The van der Waals surface area contributed by atoms with Gasteiger partial charge in [0.05, 0.1) is 17.3 Å². The number of ether oxygens (including phenoxy) is 1. The van der Waals surface area contributed by atoms with E-state index < -0.39 is 12.6 Å². The highest BCUT2D eigenvalue weighted by Gasteiger charge is 2.26. The lowest BCUT2D eigenvalue weighted by molar-refractivity contribution is -0.136. The summed E-state index contributed by atoms with van der Waals surface area (Å²) in [5.74, 6) is 5.36. The van der Waals surface area contributed by atoms with Crippen molar-refractivity contribution in [2.75, 3.05) is 12.0 Å². The number of nitrogens with two attached hydrogens (primary N) is 1. The van der Waals surface area contributed by atoms with E-state index in [0.717, 1.165) is 0 Å². The van der Waals surface area contributed by atoms with Crippen LogP contribution in [0.2, 0.25) is 0 Å². The Bertz CT molecular complexity index is 374. The van der Waals surface area contributed by atoms with Gasteiger partial charge in [-0.2, -0.15) is 18.2 Å². The minimum absolute atomic E-state index is 0.0842. The molecule has 0 atom stereocenters. The number of hydrazine groups is 1. The van der Waals surface area contributed by atoms with E-state index in [4.69, 9.17) is 10.6 Å². The fourth-order valence-corrected chi connectivity index (χ4v) is 1.27. The van der Waals surface area contributed by atoms with Crippen molar-refractivity contribution in [3.8, 4) is 5.88 Å². The van der Waals surface area contributed by atoms with E-state index in [0.29, 0.717) is 4.47 Å². The van der Waals surface area contributed by atoms with Crippen molar-refractivity contribution in [1.82, 2.24) is 9.97 Å². The molecule has 1 aromatic rings. The molecule has 3 N–H and O–H groups in total. The second-order valence-corrected chi connectivity index (χ2v) is 3.91. The number of hydrogen-bond donors (Lipinski definition) is 2. The molecule has 0 spiro atoms. The summed E-state index contributed by atoms with van der Waals surface area (Å²) in [6.45, 7) is -0.0842. The van der Waals surface area contributed by atoms with Gasteiger partial charge in [-0.1, -0.05) is 0 Å². The number of alkyl halides is 3. The fourth-order valence-electron chi connectivity index (χ4n) is 0.964. The summed E-state index contributed by atoms with van der Waals surface area (Å²) in [4.78, 5) is 7.60. The molecule has 5 nitrogen and oxygen atoms in total. The van der Waals surface area contributed by atoms with Gasteiger partial charge in [-0.3, -0.25) is 5.43 Å². The van der Waals surface area contributed by atoms with Crippen LogP contribution >= 0.6 is 15.9 Å². The predicted octanol–water partition coefficient (Wildman–Crippen LogP) is 2.25. The quantitative estimate of drug-likeness (QED) is 0.495. The van der Waals surface area contributed by atoms with Gasteiger partial charge >= 0.3 is 6.18 Å². The Morgan fingerprint density at radius 2 is 2.18 bits per heavy atom. The van der Waals surface area contributed by atoms with Gasteiger partial charge in [0.1, 0.15) is 0 Å². The van der Waals surface area contributed by atoms with E-state index in [2.05, 4.69) is 31.3 Å². The Hall–Kier alpha value is -1.09. The molecule has 0 amide bonds. The van der Waals surface area contributed by atoms with Gasteiger partial charge in [0.15, 0.2) is 0 Å². The number of nitrogens with zero attached hydrogens (tertiary/aromatic N) is 2. The molecule has 0 aromatic carbocycles. The average molecular weight is 315 g/mol. The van der Waals surface area contributed by atoms with Crippen LogP contribution in [-0.2, 0) is 0 Å². The maximum absolute atomic E-state index is 11.9. The number of hydrogen-bond acceptors (Lipinski definition) is 5. The highest BCUT2D eigenvalue weighted by Crippen LogP contribution is 2.24. The zero-order chi connectivity index (χ0) is 12.9. The summed E-state index contributed by atoms with van der Waals surface area (Å²) in [6, 6.07) is 0. The normalized spacial score (nSPS) is 11.4. The van der Waals surface area contributed by atoms with Crippen molar-refractivity contribution in [3.05, 3.63) is 10.7 Å². The third-order valence-electron chi connectivity index (χ3n) is 1.68. The lowest BCUT2D eigenvalue weighted by atomic mass is 10.3. The zero-order valence-electron chi connectivity index (χ0n) is 8.59. The standard InChI is InChI=1S/C8H10BrF3N4O/c9-5-4-14-7(16-13)15-6(5)17-3-1-2-8(10,11)12/h4H,1-3,13H2,(H,14,15,16). The Balaban J connectivity index is 2.46. The van der Waals surface area contributed by atoms with Gasteiger partial charge < -0.3 is 4.74 Å². The molecule has 0 aliphatic rings. The molecule has 1 heterocycles. The smallest absolute Gasteiger partial charge is 0.389 e. The first-order valence-electron chi connectivity index (χ1n) is 4.61. The van der Waals surface area contributed by atoms with Crippen LogP contribution in [-0.4, -0.2) is 22.8 Å². The van der Waals surface area contributed by atoms with Crippen LogP contribution < -0.4 is 16.0 Å². The molecule has 9 heteroatoms. The van der Waals surface area contributed by atoms with Crippen LogP contribution in [0.5, 0.6) is 5.88 Å². The summed E-state index contributed by atoms with van der Waals surface area (Å²) < 4.78 is 41.1. The Labute approximate surface area is 104 Å². The molecule has 1 rings (SSSR count). The van der Waals surface area contributed by atoms with Crippen LogP contribution in [0.25, 0.3) is 0 Å². The highest BCUT2D eigenvalue weighted by molar-refractivity contribution is 9.10. The number of anilines is 1. The minimum atomic E-state index is -4.17. The number of nitrogen functional groups attached to an aromatic ring is 1. The van der Waals surface area contributed by atoms with Gasteiger partial charge in [0, 0.05) is 6.42 Å². The van der Waals surface area contributed by atoms with Crippen LogP contribution in [0, 0.1) is 0 Å². The minimum Gasteiger partial charge on any atom is -0.477 e. The second kappa shape index (κ2) is 6.01. The van der Waals surface area contributed by atoms with Gasteiger partial charge in [-0.25, -0.2) is 10.8 Å². The van der Waals surface area contributed by atoms with Crippen LogP contribution in [0.1, 0.15) is 12.8 Å². The first-order valence-corrected chi connectivity index (χ1v) is 5.40. The third kappa shape index (κ3) is 5.18. The molecule has 0 radical (unpaired) electrons. The van der Waals surface area contributed by atoms with Crippen LogP contribution in [0.15, 0.2) is 10.7 Å². The van der Waals surface area contributed by atoms with Crippen molar-refractivity contribution in [3.63, 3.8) is 0 Å². The summed E-state index contributed by atoms with van der Waals surface area (Å²) >= 11 is 3.11. The summed E-state index contributed by atoms with van der Waals surface area (Å²) in [5.41, 5.74) is 2.21. The monoisotopic (exact) mass is 314 g/mol. The lowest BCUT2D eigenvalue weighted by Gasteiger charge is -2.09. The summed E-state index contributed by atoms with van der Waals surface area (Å²) in [7, 11) is 0. The predicted molar refractivity (Wildman–Crippen MR) is 58.3 cm³/mol. The highest BCUT2D eigenvalue weighted by atomic mass is 79.9. The molecule has 1 aromatic heterocycles. The second-order valence-electron chi connectivity index (χ2n) is 3.06. The van der Waals surface area contributed by atoms with Crippen molar-refractivity contribution >= 4 is 21.9 Å². The SMILES string of the molecule is NNc1ncc(Br)c(OCCCC(F)(F)F)n1. The van der Waals surface area contributed by atoms with E-state index in [-0.39, 0.29) is 24.9 Å². The van der Waals surface area contributed by atoms with Crippen LogP contribution in [0.3, 0.4) is 0 Å². The van der Waals surface area contributed by atoms with Crippen molar-refractivity contribution in [1.29, 1.82) is 0 Å². The molecule has 0 aliphatic heterocycles. The first-order chi connectivity index (χ1) is 7.92. The van der Waals surface area contributed by atoms with E-state index in [1.54, 1.807) is 0 Å². The van der Waals surface area contributed by atoms with Crippen LogP contribution in [0.4, 0.5) is 19.1 Å². The molecule has 96 valence electrons. The van der Waals surface area contributed by atoms with E-state index >= 15 is 0 Å². The average Bonchev–Trinajstić information content (AvgIpc) is 2.25. The van der Waals surface area contributed by atoms with E-state index in [1.165, 1.54) is 6.20 Å². The van der Waals surface area contributed by atoms with Gasteiger partial charge in [-0.05, 0) is 22.4 Å². The van der Waals surface area contributed by atoms with E-state index in [1.807, 2.05) is 0 Å². The molecular weight excluding hydrogens is 305 g/mol. The molecule has 0 bridgehead atoms. The first kappa shape index (κ1) is 14.0. The number of halogens is 4. The van der Waals surface area contributed by atoms with Crippen molar-refractivity contribution < 1.29 is 17.9 Å². The summed E-state index contributed by atoms with van der Waals surface area (Å²) in [6.07, 6.45) is -3.81. The maximum Gasteiger partial charge on any atom is 0.389 e. The Kier molecular flexibility index (Phi) is 4.94. The van der Waals surface area contributed by atoms with E-state index in [9.17, 15) is 13.2 Å². The molecule has 0 aliphatic carbocycles. The van der Waals surface area contributed by atoms with Crippen molar-refractivity contribution in [2.45, 2.75) is 19.0 Å². The Morgan fingerprint density at radius 3 is 2.76 bits per heavy atom. The van der Waals surface area contributed by atoms with Crippen molar-refractivity contribution in [2.24, 2.45) is 5.84 Å². The largest absolute Gasteiger partial charge is 0.477 e. The Morgan fingerprint density at radius 1 is 1.47 bits per heavy atom.